The highest BCUT2D eigenvalue weighted by atomic mass is 16.1. The van der Waals surface area contributed by atoms with Crippen molar-refractivity contribution in [3.8, 4) is 16.9 Å². The van der Waals surface area contributed by atoms with Crippen LogP contribution in [0.25, 0.3) is 16.9 Å². The first kappa shape index (κ1) is 19.3. The summed E-state index contributed by atoms with van der Waals surface area (Å²) >= 11 is 0. The number of rotatable bonds is 5. The van der Waals surface area contributed by atoms with Crippen LogP contribution in [0.15, 0.2) is 91.1 Å². The summed E-state index contributed by atoms with van der Waals surface area (Å²) in [4.78, 5) is 13.5. The van der Waals surface area contributed by atoms with Gasteiger partial charge in [0.1, 0.15) is 18.8 Å². The van der Waals surface area contributed by atoms with Gasteiger partial charge in [0.2, 0.25) is 0 Å². The predicted molar refractivity (Wildman–Crippen MR) is 120 cm³/mol. The van der Waals surface area contributed by atoms with Gasteiger partial charge in [0.25, 0.3) is 5.91 Å². The van der Waals surface area contributed by atoms with Crippen LogP contribution in [0, 0.1) is 0 Å². The highest BCUT2D eigenvalue weighted by molar-refractivity contribution is 5.79. The Labute approximate surface area is 181 Å². The summed E-state index contributed by atoms with van der Waals surface area (Å²) in [6.07, 6.45) is 2.76. The standard InChI is InChI=1S/C26H24N4O/c27-26(31)24-15-20-11-7-8-12-21(20)16-29(24)17-22-18-30(23-13-5-2-6-14-23)28-25(22)19-9-3-1-4-10-19/h1-14,18,24H,15-17H2,(H2,27,31)/p+1/t24-/m0/s1. The number of hydrogen-bond acceptors (Lipinski definition) is 2. The summed E-state index contributed by atoms with van der Waals surface area (Å²) < 4.78 is 1.92. The summed E-state index contributed by atoms with van der Waals surface area (Å²) in [5.74, 6) is -0.249. The average Bonchev–Trinajstić information content (AvgIpc) is 3.23. The van der Waals surface area contributed by atoms with Crippen LogP contribution in [0.1, 0.15) is 16.7 Å². The fraction of sp³-hybridized carbons (Fsp3) is 0.154. The third-order valence-electron chi connectivity index (χ3n) is 6.07. The van der Waals surface area contributed by atoms with E-state index in [2.05, 4.69) is 36.5 Å². The Morgan fingerprint density at radius 1 is 0.935 bits per heavy atom. The number of benzene rings is 3. The number of carbonyl (C=O) groups is 1. The van der Waals surface area contributed by atoms with Crippen molar-refractivity contribution in [2.45, 2.75) is 25.6 Å². The maximum atomic E-state index is 12.3. The number of nitrogens with one attached hydrogen (secondary N) is 1. The molecule has 0 fully saturated rings. The first-order valence-corrected chi connectivity index (χ1v) is 10.6. The van der Waals surface area contributed by atoms with Crippen LogP contribution in [-0.2, 0) is 24.3 Å². The van der Waals surface area contributed by atoms with E-state index in [4.69, 9.17) is 10.8 Å². The second-order valence-electron chi connectivity index (χ2n) is 8.09. The molecule has 0 bridgehead atoms. The van der Waals surface area contributed by atoms with E-state index in [9.17, 15) is 4.79 Å². The number of primary amides is 1. The summed E-state index contributed by atoms with van der Waals surface area (Å²) in [6.45, 7) is 1.45. The molecule has 0 radical (unpaired) electrons. The largest absolute Gasteiger partial charge is 0.365 e. The molecule has 5 rings (SSSR count). The van der Waals surface area contributed by atoms with Gasteiger partial charge in [-0.2, -0.15) is 5.10 Å². The number of quaternary nitrogens is 1. The molecule has 4 aromatic rings. The van der Waals surface area contributed by atoms with E-state index in [0.29, 0.717) is 13.0 Å². The lowest BCUT2D eigenvalue weighted by Crippen LogP contribution is -3.15. The van der Waals surface area contributed by atoms with Crippen molar-refractivity contribution in [2.24, 2.45) is 5.73 Å². The Hall–Kier alpha value is -3.70. The van der Waals surface area contributed by atoms with Gasteiger partial charge in [-0.3, -0.25) is 4.79 Å². The zero-order valence-electron chi connectivity index (χ0n) is 17.2. The molecule has 154 valence electrons. The van der Waals surface area contributed by atoms with Crippen molar-refractivity contribution in [1.82, 2.24) is 9.78 Å². The van der Waals surface area contributed by atoms with Gasteiger partial charge >= 0.3 is 0 Å². The van der Waals surface area contributed by atoms with E-state index < -0.39 is 0 Å². The zero-order valence-corrected chi connectivity index (χ0v) is 17.2. The fourth-order valence-corrected chi connectivity index (χ4v) is 4.48. The Morgan fingerprint density at radius 2 is 1.58 bits per heavy atom. The maximum Gasteiger partial charge on any atom is 0.276 e. The van der Waals surface area contributed by atoms with Gasteiger partial charge in [0.15, 0.2) is 6.04 Å². The number of fused-ring (bicyclic) bond motifs is 1. The van der Waals surface area contributed by atoms with E-state index in [1.807, 2.05) is 59.3 Å². The van der Waals surface area contributed by atoms with Crippen LogP contribution >= 0.6 is 0 Å². The molecule has 0 spiro atoms. The molecule has 31 heavy (non-hydrogen) atoms. The van der Waals surface area contributed by atoms with Gasteiger partial charge < -0.3 is 10.6 Å². The summed E-state index contributed by atoms with van der Waals surface area (Å²) in [5, 5.41) is 4.92. The van der Waals surface area contributed by atoms with Crippen LogP contribution in [0.5, 0.6) is 0 Å². The van der Waals surface area contributed by atoms with Gasteiger partial charge in [0, 0.05) is 23.7 Å². The smallest absolute Gasteiger partial charge is 0.276 e. The number of nitrogens with two attached hydrogens (primary N) is 1. The zero-order chi connectivity index (χ0) is 21.2. The summed E-state index contributed by atoms with van der Waals surface area (Å²) in [5.41, 5.74) is 12.5. The van der Waals surface area contributed by atoms with Gasteiger partial charge in [0.05, 0.1) is 11.3 Å². The van der Waals surface area contributed by atoms with Crippen molar-refractivity contribution in [2.75, 3.05) is 0 Å². The molecule has 0 saturated carbocycles. The topological polar surface area (TPSA) is 65.3 Å². The Morgan fingerprint density at radius 3 is 2.29 bits per heavy atom. The van der Waals surface area contributed by atoms with E-state index >= 15 is 0 Å². The lowest BCUT2D eigenvalue weighted by Gasteiger charge is -2.32. The molecule has 1 aromatic heterocycles. The molecule has 5 nitrogen and oxygen atoms in total. The van der Waals surface area contributed by atoms with Gasteiger partial charge in [-0.05, 0) is 17.7 Å². The molecule has 1 aliphatic heterocycles. The van der Waals surface area contributed by atoms with Crippen molar-refractivity contribution < 1.29 is 9.69 Å². The van der Waals surface area contributed by atoms with Crippen LogP contribution in [0.4, 0.5) is 0 Å². The predicted octanol–water partition coefficient (Wildman–Crippen LogP) is 2.53. The maximum absolute atomic E-state index is 12.3. The molecule has 3 aromatic carbocycles. The molecule has 1 unspecified atom stereocenters. The number of amides is 1. The molecular formula is C26H25N4O+. The minimum Gasteiger partial charge on any atom is -0.365 e. The van der Waals surface area contributed by atoms with E-state index in [-0.39, 0.29) is 11.9 Å². The van der Waals surface area contributed by atoms with Gasteiger partial charge in [-0.25, -0.2) is 4.68 Å². The van der Waals surface area contributed by atoms with Crippen LogP contribution in [0.2, 0.25) is 0 Å². The minimum atomic E-state index is -0.251. The van der Waals surface area contributed by atoms with Crippen molar-refractivity contribution in [1.29, 1.82) is 0 Å². The van der Waals surface area contributed by atoms with Crippen molar-refractivity contribution >= 4 is 5.91 Å². The first-order chi connectivity index (χ1) is 15.2. The number of para-hydroxylation sites is 1. The molecular weight excluding hydrogens is 384 g/mol. The second kappa shape index (κ2) is 8.20. The normalized spacial score (nSPS) is 17.8. The van der Waals surface area contributed by atoms with E-state index in [1.165, 1.54) is 11.1 Å². The van der Waals surface area contributed by atoms with Gasteiger partial charge in [-0.1, -0.05) is 72.8 Å². The molecule has 0 saturated heterocycles. The van der Waals surface area contributed by atoms with E-state index in [1.54, 1.807) is 0 Å². The number of nitrogens with zero attached hydrogens (tertiary/aromatic N) is 2. The molecule has 0 aliphatic carbocycles. The van der Waals surface area contributed by atoms with E-state index in [0.717, 1.165) is 34.0 Å². The lowest BCUT2D eigenvalue weighted by atomic mass is 9.93. The van der Waals surface area contributed by atoms with Crippen molar-refractivity contribution in [3.05, 3.63) is 108 Å². The second-order valence-corrected chi connectivity index (χ2v) is 8.09. The third-order valence-corrected chi connectivity index (χ3v) is 6.07. The summed E-state index contributed by atoms with van der Waals surface area (Å²) in [6, 6.07) is 28.4. The van der Waals surface area contributed by atoms with Crippen LogP contribution in [0.3, 0.4) is 0 Å². The molecule has 5 heteroatoms. The first-order valence-electron chi connectivity index (χ1n) is 10.6. The molecule has 1 aliphatic rings. The Bertz CT molecular complexity index is 1200. The fourth-order valence-electron chi connectivity index (χ4n) is 4.48. The lowest BCUT2D eigenvalue weighted by molar-refractivity contribution is -0.945. The minimum absolute atomic E-state index is 0.249. The molecule has 1 amide bonds. The number of hydrogen-bond donors (Lipinski definition) is 2. The highest BCUT2D eigenvalue weighted by Gasteiger charge is 2.34. The monoisotopic (exact) mass is 409 g/mol. The highest BCUT2D eigenvalue weighted by Crippen LogP contribution is 2.24. The molecule has 3 N–H and O–H groups in total. The van der Waals surface area contributed by atoms with Crippen molar-refractivity contribution in [3.63, 3.8) is 0 Å². The SMILES string of the molecule is NC(=O)[C@@H]1Cc2ccccc2C[NH+]1Cc1cn(-c2ccccc2)nc1-c1ccccc1. The van der Waals surface area contributed by atoms with Gasteiger partial charge in [-0.15, -0.1) is 0 Å². The molecule has 2 heterocycles. The number of aromatic nitrogens is 2. The van der Waals surface area contributed by atoms with Crippen LogP contribution in [-0.4, -0.2) is 21.7 Å². The quantitative estimate of drug-likeness (QED) is 0.532. The Kier molecular flexibility index (Phi) is 5.10. The molecule has 2 atom stereocenters. The average molecular weight is 410 g/mol. The van der Waals surface area contributed by atoms with Crippen LogP contribution < -0.4 is 10.6 Å². The summed E-state index contributed by atoms with van der Waals surface area (Å²) in [7, 11) is 0. The number of carbonyl (C=O) groups excluding carboxylic acids is 1. The third kappa shape index (κ3) is 3.88. The Balaban J connectivity index is 1.54.